The molecule has 2 aromatic carbocycles. The molecule has 0 spiro atoms. The van der Waals surface area contributed by atoms with E-state index in [0.29, 0.717) is 11.1 Å². The Bertz CT molecular complexity index is 3330. The van der Waals surface area contributed by atoms with E-state index in [9.17, 15) is 67.4 Å². The predicted molar refractivity (Wildman–Crippen MR) is 356 cm³/mol. The molecule has 1 aromatic heterocycles. The quantitative estimate of drug-likeness (QED) is 0.0169. The lowest BCUT2D eigenvalue weighted by Gasteiger charge is -2.27. The second-order valence-electron chi connectivity index (χ2n) is 23.9. The molecule has 0 saturated heterocycles. The molecule has 0 fully saturated rings. The van der Waals surface area contributed by atoms with Gasteiger partial charge < -0.3 is 103 Å². The van der Waals surface area contributed by atoms with Gasteiger partial charge in [0.05, 0.1) is 19.6 Å². The number of benzene rings is 2. The van der Waals surface area contributed by atoms with Gasteiger partial charge in [-0.1, -0.05) is 52.0 Å². The van der Waals surface area contributed by atoms with E-state index in [1.807, 2.05) is 6.07 Å². The first-order valence-corrected chi connectivity index (χ1v) is 32.2. The molecule has 9 atom stereocenters. The number of amides is 13. The molecule has 0 aliphatic carbocycles. The van der Waals surface area contributed by atoms with Crippen LogP contribution in [-0.2, 0) is 75.2 Å². The molecule has 2 bridgehead atoms. The summed E-state index contributed by atoms with van der Waals surface area (Å²) in [5, 5.41) is 42.6. The Morgan fingerprint density at radius 2 is 1.28 bits per heavy atom. The molecule has 4 rings (SSSR count). The first-order valence-electron chi connectivity index (χ1n) is 31.2. The second kappa shape index (κ2) is 38.8. The summed E-state index contributed by atoms with van der Waals surface area (Å²) in [7, 11) is 0. The van der Waals surface area contributed by atoms with Crippen LogP contribution in [0.2, 0.25) is 0 Å². The van der Waals surface area contributed by atoms with Crippen LogP contribution in [0, 0.1) is 11.8 Å². The van der Waals surface area contributed by atoms with Gasteiger partial charge in [0.25, 0.3) is 0 Å². The first-order chi connectivity index (χ1) is 45.3. The number of carbonyl (C=O) groups is 13. The van der Waals surface area contributed by atoms with E-state index in [4.69, 9.17) is 28.7 Å². The van der Waals surface area contributed by atoms with Gasteiger partial charge in [0.1, 0.15) is 60.1 Å². The summed E-state index contributed by atoms with van der Waals surface area (Å²) in [6.45, 7) is 9.23. The molecule has 35 heteroatoms. The molecule has 13 amide bonds. The van der Waals surface area contributed by atoms with Crippen LogP contribution in [0.25, 0.3) is 10.9 Å². The highest BCUT2D eigenvalue weighted by molar-refractivity contribution is 7.99. The number of nitrogens with two attached hydrogens (primary N) is 5. The summed E-state index contributed by atoms with van der Waals surface area (Å²) in [5.74, 6) is -12.1. The number of carbonyl (C=O) groups excluding carboxylic acids is 13. The van der Waals surface area contributed by atoms with E-state index in [2.05, 4.69) is 78.8 Å². The second-order valence-corrected chi connectivity index (χ2v) is 24.9. The number of H-pyrrole nitrogens is 1. The number of thioether (sulfide) groups is 1. The van der Waals surface area contributed by atoms with E-state index in [1.54, 1.807) is 52.1 Å². The largest absolute Gasteiger partial charge is 0.507 e. The van der Waals surface area contributed by atoms with Gasteiger partial charge in [-0.3, -0.25) is 72.3 Å². The molecule has 0 radical (unpaired) electrons. The minimum absolute atomic E-state index is 0.00610. The molecule has 24 N–H and O–H groups in total. The topological polar surface area (TPSA) is 557 Å². The van der Waals surface area contributed by atoms with Crippen LogP contribution in [0.1, 0.15) is 98.1 Å². The Labute approximate surface area is 559 Å². The number of primary amides is 1. The van der Waals surface area contributed by atoms with E-state index in [-0.39, 0.29) is 105 Å². The molecule has 1 aliphatic heterocycles. The van der Waals surface area contributed by atoms with Crippen molar-refractivity contribution >= 4 is 111 Å². The minimum atomic E-state index is -1.52. The standard InChI is InChI=1S/C61H92N20O14S/c1-30(2)20-41(56(92)80-44(24-36-25-70-38-13-9-8-12-37(36)38)59(95)76-39(14-10-18-67-60(63)64)53(89)71-26-48(62)84)78-51(87)32(5)73-49(85)28-72-54(90)45-29-96-47-23-35(16-17-46(47)83)22-43(75-50(86)27-69-34(7)82)58(94)77-40(15-11-19-68-61(65)66)55(91)74-33(6)52(88)79-42(21-31(3)4)57(93)81-45/h8-9,12-13,16-17,23,25,30-33,39-45,70,83H,10-11,14-15,18-22,24,26-29H2,1-7H3,(H2,62,84)(H,69,82)(H,71,89)(H,72,90)(H,73,85)(H,74,91)(H,75,86)(H,76,95)(H,77,94)(H,78,87)(H,79,88)(H,80,92)(H,81,93)(H4,63,64,67)(H4,65,66,68)/t32-,33-,39-,40-,41-,42-,43-,44-,45-/m0/s1. The normalized spacial score (nSPS) is 18.2. The van der Waals surface area contributed by atoms with Crippen molar-refractivity contribution in [2.24, 2.45) is 50.5 Å². The van der Waals surface area contributed by atoms with E-state index in [1.165, 1.54) is 39.0 Å². The highest BCUT2D eigenvalue weighted by Gasteiger charge is 2.35. The van der Waals surface area contributed by atoms with Crippen molar-refractivity contribution in [2.45, 2.75) is 159 Å². The number of rotatable bonds is 30. The number of aromatic amines is 1. The summed E-state index contributed by atoms with van der Waals surface area (Å²) in [4.78, 5) is 188. The summed E-state index contributed by atoms with van der Waals surface area (Å²) >= 11 is 0.874. The molecular weight excluding hydrogens is 1270 g/mol. The lowest BCUT2D eigenvalue weighted by atomic mass is 10.00. The Morgan fingerprint density at radius 3 is 1.94 bits per heavy atom. The lowest BCUT2D eigenvalue weighted by Crippen LogP contribution is -2.59. The number of aliphatic imine (C=N–C) groups is 2. The number of nitrogens with one attached hydrogen (secondary N) is 13. The zero-order chi connectivity index (χ0) is 71.3. The Kier molecular flexibility index (Phi) is 31.6. The number of hydrogen-bond donors (Lipinski definition) is 19. The SMILES string of the molecule is CC(=O)NCC(=O)N[C@H]1Cc2ccc(O)c(c2)SC[C@@H](C(=O)NCC(=O)N[C@@H](C)C(=O)N[C@@H](CC(C)C)C(=O)N[C@@H](Cc2c[nH]c3ccccc23)C(=O)N[C@@H](CCCN=C(N)N)C(=O)NCC(N)=O)NC(=O)[C@H](CC(C)C)NC(=O)[C@H](C)NC(=O)[C@H](CCCN=C(N)N)NC1=O. The highest BCUT2D eigenvalue weighted by atomic mass is 32.2. The van der Waals surface area contributed by atoms with Crippen molar-refractivity contribution < 1.29 is 67.4 Å². The van der Waals surface area contributed by atoms with Gasteiger partial charge in [0.15, 0.2) is 11.9 Å². The van der Waals surface area contributed by atoms with Gasteiger partial charge in [-0.05, 0) is 93.5 Å². The summed E-state index contributed by atoms with van der Waals surface area (Å²) < 4.78 is 0. The molecular formula is C61H92N20O14S. The van der Waals surface area contributed by atoms with Crippen LogP contribution in [0.3, 0.4) is 0 Å². The molecule has 96 heavy (non-hydrogen) atoms. The number of hydrogen-bond acceptors (Lipinski definition) is 17. The summed E-state index contributed by atoms with van der Waals surface area (Å²) in [6.07, 6.45) is 1.64. The van der Waals surface area contributed by atoms with Gasteiger partial charge in [0, 0.05) is 60.6 Å². The van der Waals surface area contributed by atoms with Crippen molar-refractivity contribution in [3.05, 3.63) is 59.8 Å². The van der Waals surface area contributed by atoms with Crippen molar-refractivity contribution in [1.82, 2.24) is 68.8 Å². The molecule has 1 aliphatic rings. The average Bonchev–Trinajstić information content (AvgIpc) is 1.63. The van der Waals surface area contributed by atoms with Crippen molar-refractivity contribution in [3.63, 3.8) is 0 Å². The van der Waals surface area contributed by atoms with Crippen LogP contribution in [-0.4, -0.2) is 192 Å². The predicted octanol–water partition coefficient (Wildman–Crippen LogP) is -4.78. The maximum absolute atomic E-state index is 14.4. The van der Waals surface area contributed by atoms with E-state index in [0.717, 1.165) is 22.7 Å². The zero-order valence-corrected chi connectivity index (χ0v) is 55.6. The number of nitrogens with zero attached hydrogens (tertiary/aromatic N) is 2. The highest BCUT2D eigenvalue weighted by Crippen LogP contribution is 2.31. The number of guanidine groups is 2. The van der Waals surface area contributed by atoms with Gasteiger partial charge in [0.2, 0.25) is 76.8 Å². The monoisotopic (exact) mass is 1360 g/mol. The van der Waals surface area contributed by atoms with Crippen molar-refractivity contribution in [3.8, 4) is 5.75 Å². The number of phenols is 1. The van der Waals surface area contributed by atoms with Gasteiger partial charge >= 0.3 is 0 Å². The third-order valence-electron chi connectivity index (χ3n) is 14.6. The average molecular weight is 1360 g/mol. The Hall–Kier alpha value is -10.2. The van der Waals surface area contributed by atoms with Crippen molar-refractivity contribution in [1.29, 1.82) is 0 Å². The van der Waals surface area contributed by atoms with Crippen LogP contribution in [0.5, 0.6) is 5.75 Å². The molecule has 0 unspecified atom stereocenters. The summed E-state index contributed by atoms with van der Waals surface area (Å²) in [5.41, 5.74) is 28.9. The Morgan fingerprint density at radius 1 is 0.656 bits per heavy atom. The smallest absolute Gasteiger partial charge is 0.243 e. The lowest BCUT2D eigenvalue weighted by molar-refractivity contribution is -0.135. The van der Waals surface area contributed by atoms with Crippen LogP contribution in [0.15, 0.2) is 63.5 Å². The maximum atomic E-state index is 14.4. The first kappa shape index (κ1) is 78.2. The molecule has 0 saturated carbocycles. The zero-order valence-electron chi connectivity index (χ0n) is 54.8. The van der Waals surface area contributed by atoms with Gasteiger partial charge in [-0.25, -0.2) is 0 Å². The number of phenolic OH excluding ortho intramolecular Hbond substituents is 1. The fraction of sp³-hybridized carbons (Fsp3) is 0.525. The van der Waals surface area contributed by atoms with Crippen LogP contribution >= 0.6 is 11.8 Å². The number of fused-ring (bicyclic) bond motifs is 3. The van der Waals surface area contributed by atoms with Crippen molar-refractivity contribution in [2.75, 3.05) is 38.5 Å². The minimum Gasteiger partial charge on any atom is -0.507 e. The molecule has 3 aromatic rings. The fourth-order valence-electron chi connectivity index (χ4n) is 9.74. The van der Waals surface area contributed by atoms with Crippen LogP contribution < -0.4 is 92.5 Å². The maximum Gasteiger partial charge on any atom is 0.243 e. The summed E-state index contributed by atoms with van der Waals surface area (Å²) in [6, 6.07) is -0.836. The van der Waals surface area contributed by atoms with Gasteiger partial charge in [-0.2, -0.15) is 0 Å². The molecule has 526 valence electrons. The van der Waals surface area contributed by atoms with E-state index >= 15 is 0 Å². The number of para-hydroxylation sites is 1. The molecule has 2 heterocycles. The van der Waals surface area contributed by atoms with Crippen LogP contribution in [0.4, 0.5) is 0 Å². The fourth-order valence-corrected chi connectivity index (χ4v) is 10.8. The molecule has 34 nitrogen and oxygen atoms in total. The number of aromatic nitrogens is 1. The third kappa shape index (κ3) is 27.4. The number of aromatic hydroxyl groups is 1. The Balaban J connectivity index is 1.59. The van der Waals surface area contributed by atoms with Gasteiger partial charge in [-0.15, -0.1) is 11.8 Å². The third-order valence-corrected chi connectivity index (χ3v) is 15.7. The van der Waals surface area contributed by atoms with E-state index < -0.39 is 151 Å².